The quantitative estimate of drug-likeness (QED) is 0.414. The lowest BCUT2D eigenvalue weighted by molar-refractivity contribution is -0.131. The molecule has 1 amide bonds. The summed E-state index contributed by atoms with van der Waals surface area (Å²) < 4.78 is 3.48. The van der Waals surface area contributed by atoms with E-state index in [0.717, 1.165) is 41.3 Å². The van der Waals surface area contributed by atoms with Crippen LogP contribution in [0.15, 0.2) is 53.3 Å². The van der Waals surface area contributed by atoms with E-state index in [2.05, 4.69) is 42.0 Å². The fourth-order valence-corrected chi connectivity index (χ4v) is 5.34. The molecule has 4 aromatic rings. The van der Waals surface area contributed by atoms with Crippen LogP contribution in [0.1, 0.15) is 34.4 Å². The third-order valence-electron chi connectivity index (χ3n) is 7.77. The summed E-state index contributed by atoms with van der Waals surface area (Å²) in [5.41, 5.74) is 8.80. The van der Waals surface area contributed by atoms with E-state index in [1.807, 2.05) is 60.7 Å². The van der Waals surface area contributed by atoms with Gasteiger partial charge in [0.2, 0.25) is 5.91 Å². The summed E-state index contributed by atoms with van der Waals surface area (Å²) in [6.07, 6.45) is 0.723. The van der Waals surface area contributed by atoms with E-state index in [9.17, 15) is 9.59 Å². The first-order chi connectivity index (χ1) is 17.7. The van der Waals surface area contributed by atoms with Crippen LogP contribution in [-0.4, -0.2) is 51.2 Å². The van der Waals surface area contributed by atoms with Crippen LogP contribution >= 0.6 is 0 Å². The van der Waals surface area contributed by atoms with Crippen LogP contribution in [-0.2, 0) is 18.3 Å². The number of fused-ring (bicyclic) bond motifs is 1. The fraction of sp³-hybridized carbons (Fsp3) is 0.367. The van der Waals surface area contributed by atoms with Crippen molar-refractivity contribution in [2.75, 3.05) is 31.1 Å². The number of hydrogen-bond donors (Lipinski definition) is 0. The highest BCUT2D eigenvalue weighted by molar-refractivity contribution is 5.77. The Morgan fingerprint density at radius 1 is 0.919 bits per heavy atom. The van der Waals surface area contributed by atoms with Gasteiger partial charge in [0.15, 0.2) is 0 Å². The molecule has 2 aromatic carbocycles. The van der Waals surface area contributed by atoms with Gasteiger partial charge in [-0.15, -0.1) is 0 Å². The van der Waals surface area contributed by atoms with Crippen molar-refractivity contribution in [3.8, 4) is 11.3 Å². The third-order valence-corrected chi connectivity index (χ3v) is 7.77. The monoisotopic (exact) mass is 497 g/mol. The smallest absolute Gasteiger partial charge is 0.277 e. The van der Waals surface area contributed by atoms with Crippen molar-refractivity contribution < 1.29 is 4.79 Å². The van der Waals surface area contributed by atoms with Crippen LogP contribution in [0.5, 0.6) is 0 Å². The zero-order valence-corrected chi connectivity index (χ0v) is 22.4. The zero-order valence-electron chi connectivity index (χ0n) is 22.4. The first-order valence-corrected chi connectivity index (χ1v) is 13.0. The van der Waals surface area contributed by atoms with Gasteiger partial charge in [-0.25, -0.2) is 0 Å². The van der Waals surface area contributed by atoms with Gasteiger partial charge in [0.1, 0.15) is 5.65 Å². The van der Waals surface area contributed by atoms with Gasteiger partial charge >= 0.3 is 0 Å². The minimum atomic E-state index is -0.141. The summed E-state index contributed by atoms with van der Waals surface area (Å²) in [6, 6.07) is 16.5. The van der Waals surface area contributed by atoms with Gasteiger partial charge in [-0.05, 0) is 56.9 Å². The molecule has 0 bridgehead atoms. The SMILES string of the molecule is Cc1ccc(C)c(N2CCN(C(=O)CCc3c(C)n(C)c4cc(-c5ccccc5C)nn4c3=O)CC2)c1. The largest absolute Gasteiger partial charge is 0.368 e. The summed E-state index contributed by atoms with van der Waals surface area (Å²) in [5, 5.41) is 4.66. The van der Waals surface area contributed by atoms with Gasteiger partial charge in [0, 0.05) is 68.2 Å². The number of aryl methyl sites for hydroxylation is 4. The molecule has 0 unspecified atom stereocenters. The summed E-state index contributed by atoms with van der Waals surface area (Å²) >= 11 is 0. The first kappa shape index (κ1) is 24.8. The lowest BCUT2D eigenvalue weighted by atomic mass is 10.1. The maximum atomic E-state index is 13.4. The average Bonchev–Trinajstić information content (AvgIpc) is 3.35. The Morgan fingerprint density at radius 3 is 2.38 bits per heavy atom. The van der Waals surface area contributed by atoms with E-state index >= 15 is 0 Å². The second-order valence-electron chi connectivity index (χ2n) is 10.2. The van der Waals surface area contributed by atoms with Crippen molar-refractivity contribution in [3.63, 3.8) is 0 Å². The van der Waals surface area contributed by atoms with Gasteiger partial charge in [-0.3, -0.25) is 9.59 Å². The molecule has 0 radical (unpaired) electrons. The van der Waals surface area contributed by atoms with E-state index in [-0.39, 0.29) is 11.5 Å². The van der Waals surface area contributed by atoms with Crippen LogP contribution in [0, 0.1) is 27.7 Å². The lowest BCUT2D eigenvalue weighted by Crippen LogP contribution is -2.49. The van der Waals surface area contributed by atoms with E-state index in [1.54, 1.807) is 0 Å². The number of carbonyl (C=O) groups excluding carboxylic acids is 1. The summed E-state index contributed by atoms with van der Waals surface area (Å²) in [5.74, 6) is 0.100. The van der Waals surface area contributed by atoms with E-state index in [4.69, 9.17) is 0 Å². The summed E-state index contributed by atoms with van der Waals surface area (Å²) in [7, 11) is 1.95. The molecule has 0 atom stereocenters. The zero-order chi connectivity index (χ0) is 26.3. The average molecular weight is 498 g/mol. The van der Waals surface area contributed by atoms with Crippen molar-refractivity contribution in [2.45, 2.75) is 40.5 Å². The Morgan fingerprint density at radius 2 is 1.65 bits per heavy atom. The Hall–Kier alpha value is -3.87. The van der Waals surface area contributed by atoms with Gasteiger partial charge in [-0.2, -0.15) is 9.61 Å². The molecule has 0 aliphatic carbocycles. The van der Waals surface area contributed by atoms with Crippen molar-refractivity contribution in [1.29, 1.82) is 0 Å². The van der Waals surface area contributed by atoms with Gasteiger partial charge < -0.3 is 14.4 Å². The summed E-state index contributed by atoms with van der Waals surface area (Å²) in [4.78, 5) is 30.8. The normalized spacial score (nSPS) is 14.0. The van der Waals surface area contributed by atoms with Crippen molar-refractivity contribution in [2.24, 2.45) is 7.05 Å². The van der Waals surface area contributed by atoms with Gasteiger partial charge in [0.25, 0.3) is 5.56 Å². The number of hydrogen-bond acceptors (Lipinski definition) is 4. The highest BCUT2D eigenvalue weighted by atomic mass is 16.2. The fourth-order valence-electron chi connectivity index (χ4n) is 5.34. The topological polar surface area (TPSA) is 62.9 Å². The Kier molecular flexibility index (Phi) is 6.63. The standard InChI is InChI=1S/C30H35N5O2/c1-20-10-11-22(3)27(18-20)33-14-16-34(17-15-33)29(36)13-12-25-23(4)32(5)28-19-26(31-35(28)30(25)37)24-9-7-6-8-21(24)2/h6-11,18-19H,12-17H2,1-5H3. The molecule has 192 valence electrons. The van der Waals surface area contributed by atoms with Gasteiger partial charge in [0.05, 0.1) is 5.69 Å². The molecule has 3 heterocycles. The molecule has 1 saturated heterocycles. The second kappa shape index (κ2) is 9.88. The van der Waals surface area contributed by atoms with Crippen LogP contribution in [0.4, 0.5) is 5.69 Å². The number of rotatable bonds is 5. The number of carbonyl (C=O) groups is 1. The molecule has 7 nitrogen and oxygen atoms in total. The number of aromatic nitrogens is 3. The molecule has 1 aliphatic heterocycles. The van der Waals surface area contributed by atoms with E-state index in [1.165, 1.54) is 21.3 Å². The minimum Gasteiger partial charge on any atom is -0.368 e. The minimum absolute atomic E-state index is 0.100. The van der Waals surface area contributed by atoms with Crippen molar-refractivity contribution in [3.05, 3.63) is 86.8 Å². The van der Waals surface area contributed by atoms with E-state index in [0.29, 0.717) is 31.5 Å². The molecule has 5 rings (SSSR count). The first-order valence-electron chi connectivity index (χ1n) is 13.0. The van der Waals surface area contributed by atoms with E-state index < -0.39 is 0 Å². The molecular weight excluding hydrogens is 462 g/mol. The second-order valence-corrected chi connectivity index (χ2v) is 10.2. The molecular formula is C30H35N5O2. The van der Waals surface area contributed by atoms with Gasteiger partial charge in [-0.1, -0.05) is 36.4 Å². The molecule has 1 fully saturated rings. The predicted octanol–water partition coefficient (Wildman–Crippen LogP) is 4.22. The summed E-state index contributed by atoms with van der Waals surface area (Å²) in [6.45, 7) is 11.3. The number of piperazine rings is 1. The third kappa shape index (κ3) is 4.66. The van der Waals surface area contributed by atoms with Crippen LogP contribution in [0.25, 0.3) is 16.9 Å². The van der Waals surface area contributed by atoms with Crippen molar-refractivity contribution >= 4 is 17.2 Å². The van der Waals surface area contributed by atoms with Crippen LogP contribution in [0.3, 0.4) is 0 Å². The molecule has 2 aromatic heterocycles. The molecule has 7 heteroatoms. The molecule has 0 saturated carbocycles. The number of benzene rings is 2. The Labute approximate surface area is 217 Å². The molecule has 0 N–H and O–H groups in total. The van der Waals surface area contributed by atoms with Crippen molar-refractivity contribution in [1.82, 2.24) is 19.1 Å². The maximum Gasteiger partial charge on any atom is 0.277 e. The Balaban J connectivity index is 1.31. The van der Waals surface area contributed by atoms with Crippen LogP contribution in [0.2, 0.25) is 0 Å². The Bertz CT molecular complexity index is 1540. The number of nitrogens with zero attached hydrogens (tertiary/aromatic N) is 5. The highest BCUT2D eigenvalue weighted by Gasteiger charge is 2.23. The number of anilines is 1. The molecule has 1 aliphatic rings. The molecule has 0 spiro atoms. The lowest BCUT2D eigenvalue weighted by Gasteiger charge is -2.37. The number of amides is 1. The highest BCUT2D eigenvalue weighted by Crippen LogP contribution is 2.25. The molecule has 37 heavy (non-hydrogen) atoms. The predicted molar refractivity (Wildman–Crippen MR) is 148 cm³/mol. The van der Waals surface area contributed by atoms with Crippen LogP contribution < -0.4 is 10.5 Å². The maximum absolute atomic E-state index is 13.4.